The van der Waals surface area contributed by atoms with Crippen LogP contribution in [0.25, 0.3) is 0 Å². The highest BCUT2D eigenvalue weighted by Gasteiger charge is 2.30. The van der Waals surface area contributed by atoms with E-state index in [1.54, 1.807) is 0 Å². The predicted octanol–water partition coefficient (Wildman–Crippen LogP) is 2.18. The summed E-state index contributed by atoms with van der Waals surface area (Å²) in [6.07, 6.45) is 6.22. The zero-order chi connectivity index (χ0) is 21.8. The van der Waals surface area contributed by atoms with Gasteiger partial charge in [0.05, 0.1) is 18.9 Å². The Kier molecular flexibility index (Phi) is 6.75. The lowest BCUT2D eigenvalue weighted by Crippen LogP contribution is -2.45. The molecule has 0 spiro atoms. The van der Waals surface area contributed by atoms with Crippen molar-refractivity contribution in [2.24, 2.45) is 10.9 Å². The van der Waals surface area contributed by atoms with E-state index in [0.29, 0.717) is 44.4 Å². The number of aliphatic hydroxyl groups excluding tert-OH is 1. The van der Waals surface area contributed by atoms with Gasteiger partial charge in [0, 0.05) is 31.1 Å². The minimum absolute atomic E-state index is 0.000967. The van der Waals surface area contributed by atoms with Gasteiger partial charge in [0.15, 0.2) is 0 Å². The molecule has 1 atom stereocenters. The summed E-state index contributed by atoms with van der Waals surface area (Å²) in [6.45, 7) is 3.78. The van der Waals surface area contributed by atoms with Gasteiger partial charge in [-0.3, -0.25) is 14.9 Å². The standard InChI is InChI=1S/C23H32N4O4/c1-16(22(30)27(10-11-28)18-5-3-2-4-6-18)9-12-31-19-8-7-17-14-26-15-21(29)25-23(26)24-20(17)13-19/h7-8,13,16,18,28H,2-6,9-12,14-15H2,1H3,(H,24,25,29). The molecule has 2 heterocycles. The molecular formula is C23H32N4O4. The van der Waals surface area contributed by atoms with Gasteiger partial charge in [-0.2, -0.15) is 0 Å². The van der Waals surface area contributed by atoms with E-state index in [2.05, 4.69) is 10.3 Å². The molecule has 1 saturated heterocycles. The molecule has 3 aliphatic rings. The molecule has 1 aromatic carbocycles. The molecule has 2 N–H and O–H groups in total. The Bertz CT molecular complexity index is 850. The van der Waals surface area contributed by atoms with Crippen molar-refractivity contribution >= 4 is 23.5 Å². The number of amides is 2. The fraction of sp³-hybridized carbons (Fsp3) is 0.609. The topological polar surface area (TPSA) is 94.5 Å². The fourth-order valence-corrected chi connectivity index (χ4v) is 4.65. The Hall–Kier alpha value is -2.61. The maximum absolute atomic E-state index is 13.0. The summed E-state index contributed by atoms with van der Waals surface area (Å²) in [6, 6.07) is 6.04. The average molecular weight is 429 g/mol. The Morgan fingerprint density at radius 1 is 1.32 bits per heavy atom. The second-order valence-electron chi connectivity index (χ2n) is 8.72. The van der Waals surface area contributed by atoms with E-state index >= 15 is 0 Å². The summed E-state index contributed by atoms with van der Waals surface area (Å²) in [5, 5.41) is 12.2. The van der Waals surface area contributed by atoms with Crippen molar-refractivity contribution in [3.63, 3.8) is 0 Å². The van der Waals surface area contributed by atoms with E-state index < -0.39 is 0 Å². The van der Waals surface area contributed by atoms with Crippen molar-refractivity contribution in [2.45, 2.75) is 58.0 Å². The molecule has 4 rings (SSSR count). The summed E-state index contributed by atoms with van der Waals surface area (Å²) in [4.78, 5) is 32.9. The first-order valence-electron chi connectivity index (χ1n) is 11.4. The first kappa shape index (κ1) is 21.6. The third-order valence-electron chi connectivity index (χ3n) is 6.41. The van der Waals surface area contributed by atoms with Crippen LogP contribution in [0.4, 0.5) is 5.69 Å². The van der Waals surface area contributed by atoms with Gasteiger partial charge in [-0.05, 0) is 30.9 Å². The summed E-state index contributed by atoms with van der Waals surface area (Å²) in [5.41, 5.74) is 1.87. The lowest BCUT2D eigenvalue weighted by atomic mass is 9.93. The molecule has 8 heteroatoms. The number of nitrogens with one attached hydrogen (secondary N) is 1. The van der Waals surface area contributed by atoms with Crippen LogP contribution in [0.15, 0.2) is 23.2 Å². The SMILES string of the molecule is CC(CCOc1ccc2c(c1)N=C1NC(=O)CN1C2)C(=O)N(CCO)C1CCCCC1. The number of carbonyl (C=O) groups excluding carboxylic acids is 2. The number of aliphatic hydroxyl groups is 1. The minimum Gasteiger partial charge on any atom is -0.493 e. The van der Waals surface area contributed by atoms with E-state index in [0.717, 1.165) is 36.9 Å². The van der Waals surface area contributed by atoms with Crippen molar-refractivity contribution in [1.29, 1.82) is 0 Å². The number of ether oxygens (including phenoxy) is 1. The van der Waals surface area contributed by atoms with Crippen LogP contribution in [0, 0.1) is 5.92 Å². The molecule has 8 nitrogen and oxygen atoms in total. The molecule has 1 aromatic rings. The summed E-state index contributed by atoms with van der Waals surface area (Å²) in [7, 11) is 0. The molecule has 1 unspecified atom stereocenters. The quantitative estimate of drug-likeness (QED) is 0.662. The molecule has 2 amide bonds. The highest BCUT2D eigenvalue weighted by molar-refractivity contribution is 6.05. The van der Waals surface area contributed by atoms with Crippen LogP contribution in [-0.2, 0) is 16.1 Å². The molecule has 1 saturated carbocycles. The maximum atomic E-state index is 13.0. The summed E-state index contributed by atoms with van der Waals surface area (Å²) < 4.78 is 5.92. The number of aliphatic imine (C=N–C) groups is 1. The third-order valence-corrected chi connectivity index (χ3v) is 6.41. The Balaban J connectivity index is 1.31. The van der Waals surface area contributed by atoms with Crippen molar-refractivity contribution in [1.82, 2.24) is 15.1 Å². The van der Waals surface area contributed by atoms with Crippen LogP contribution in [0.1, 0.15) is 51.0 Å². The lowest BCUT2D eigenvalue weighted by molar-refractivity contribution is -0.139. The van der Waals surface area contributed by atoms with Crippen molar-refractivity contribution < 1.29 is 19.4 Å². The van der Waals surface area contributed by atoms with Crippen LogP contribution < -0.4 is 10.1 Å². The molecule has 2 fully saturated rings. The maximum Gasteiger partial charge on any atom is 0.246 e. The van der Waals surface area contributed by atoms with E-state index in [1.807, 2.05) is 34.9 Å². The molecule has 0 aromatic heterocycles. The number of fused-ring (bicyclic) bond motifs is 2. The number of guanidine groups is 1. The van der Waals surface area contributed by atoms with Gasteiger partial charge in [-0.15, -0.1) is 0 Å². The zero-order valence-electron chi connectivity index (χ0n) is 18.2. The van der Waals surface area contributed by atoms with Crippen LogP contribution in [0.5, 0.6) is 5.75 Å². The van der Waals surface area contributed by atoms with Gasteiger partial charge in [0.2, 0.25) is 17.8 Å². The van der Waals surface area contributed by atoms with E-state index in [9.17, 15) is 14.7 Å². The van der Waals surface area contributed by atoms with Gasteiger partial charge in [-0.25, -0.2) is 4.99 Å². The lowest BCUT2D eigenvalue weighted by Gasteiger charge is -2.35. The van der Waals surface area contributed by atoms with Gasteiger partial charge >= 0.3 is 0 Å². The predicted molar refractivity (Wildman–Crippen MR) is 117 cm³/mol. The van der Waals surface area contributed by atoms with Gasteiger partial charge < -0.3 is 19.6 Å². The molecule has 1 aliphatic carbocycles. The number of benzene rings is 1. The van der Waals surface area contributed by atoms with Crippen molar-refractivity contribution in [2.75, 3.05) is 26.3 Å². The molecule has 2 aliphatic heterocycles. The second kappa shape index (κ2) is 9.68. The molecule has 168 valence electrons. The highest BCUT2D eigenvalue weighted by atomic mass is 16.5. The monoisotopic (exact) mass is 428 g/mol. The number of hydrogen-bond acceptors (Lipinski definition) is 6. The Labute approximate surface area is 183 Å². The van der Waals surface area contributed by atoms with E-state index in [1.165, 1.54) is 6.42 Å². The average Bonchev–Trinajstić information content (AvgIpc) is 3.14. The van der Waals surface area contributed by atoms with E-state index in [-0.39, 0.29) is 30.4 Å². The van der Waals surface area contributed by atoms with Gasteiger partial charge in [0.1, 0.15) is 12.3 Å². The number of hydrogen-bond donors (Lipinski definition) is 2. The van der Waals surface area contributed by atoms with Crippen LogP contribution in [0.2, 0.25) is 0 Å². The zero-order valence-corrected chi connectivity index (χ0v) is 18.2. The molecule has 31 heavy (non-hydrogen) atoms. The van der Waals surface area contributed by atoms with Crippen LogP contribution in [0.3, 0.4) is 0 Å². The van der Waals surface area contributed by atoms with Gasteiger partial charge in [-0.1, -0.05) is 32.3 Å². The van der Waals surface area contributed by atoms with Gasteiger partial charge in [0.25, 0.3) is 0 Å². The van der Waals surface area contributed by atoms with Crippen molar-refractivity contribution in [3.05, 3.63) is 23.8 Å². The molecule has 0 bridgehead atoms. The number of rotatable bonds is 8. The Morgan fingerprint density at radius 2 is 2.13 bits per heavy atom. The number of nitrogens with zero attached hydrogens (tertiary/aromatic N) is 3. The first-order valence-corrected chi connectivity index (χ1v) is 11.4. The van der Waals surface area contributed by atoms with Crippen molar-refractivity contribution in [3.8, 4) is 5.75 Å². The second-order valence-corrected chi connectivity index (χ2v) is 8.72. The van der Waals surface area contributed by atoms with E-state index in [4.69, 9.17) is 4.74 Å². The third kappa shape index (κ3) is 5.01. The molecular weight excluding hydrogens is 396 g/mol. The highest BCUT2D eigenvalue weighted by Crippen LogP contribution is 2.31. The van der Waals surface area contributed by atoms with Crippen LogP contribution >= 0.6 is 0 Å². The normalized spacial score (nSPS) is 19.2. The van der Waals surface area contributed by atoms with Crippen LogP contribution in [-0.4, -0.2) is 65.0 Å². The smallest absolute Gasteiger partial charge is 0.246 e. The molecule has 0 radical (unpaired) electrons. The fourth-order valence-electron chi connectivity index (χ4n) is 4.65. The summed E-state index contributed by atoms with van der Waals surface area (Å²) in [5.74, 6) is 1.22. The minimum atomic E-state index is -0.159. The largest absolute Gasteiger partial charge is 0.493 e. The summed E-state index contributed by atoms with van der Waals surface area (Å²) >= 11 is 0. The Morgan fingerprint density at radius 3 is 2.90 bits per heavy atom. The number of carbonyl (C=O) groups is 2. The first-order chi connectivity index (χ1) is 15.0.